The van der Waals surface area contributed by atoms with Crippen molar-refractivity contribution in [1.29, 1.82) is 0 Å². The van der Waals surface area contributed by atoms with Crippen LogP contribution in [0.3, 0.4) is 0 Å². The van der Waals surface area contributed by atoms with Gasteiger partial charge < -0.3 is 16.0 Å². The summed E-state index contributed by atoms with van der Waals surface area (Å²) in [4.78, 5) is 18.5. The normalized spacial score (nSPS) is 11.6. The molecule has 4 rings (SSSR count). The van der Waals surface area contributed by atoms with Gasteiger partial charge in [-0.25, -0.2) is 4.98 Å². The minimum atomic E-state index is -0.287. The molecule has 1 heterocycles. The third-order valence-corrected chi connectivity index (χ3v) is 8.35. The number of benzene rings is 3. The molecule has 190 valence electrons. The van der Waals surface area contributed by atoms with Gasteiger partial charge in [-0.3, -0.25) is 4.79 Å². The monoisotopic (exact) mass is 586 g/mol. The smallest absolute Gasteiger partial charge is 0.239 e. The largest absolute Gasteiger partial charge is 0.332 e. The van der Waals surface area contributed by atoms with E-state index in [2.05, 4.69) is 20.9 Å². The molecule has 0 fully saturated rings. The zero-order chi connectivity index (χ0) is 26.4. The molecule has 0 aliphatic carbocycles. The van der Waals surface area contributed by atoms with Crippen LogP contribution in [0.4, 0.5) is 16.5 Å². The van der Waals surface area contributed by atoms with Crippen molar-refractivity contribution in [1.82, 2.24) is 4.98 Å². The first-order chi connectivity index (χ1) is 17.8. The van der Waals surface area contributed by atoms with Crippen LogP contribution in [-0.2, 0) is 4.79 Å². The Bertz CT molecular complexity index is 1410. The maximum atomic E-state index is 13.0. The molecule has 4 aromatic rings. The van der Waals surface area contributed by atoms with Crippen molar-refractivity contribution in [2.24, 2.45) is 0 Å². The lowest BCUT2D eigenvalue weighted by atomic mass is 10.2. The summed E-state index contributed by atoms with van der Waals surface area (Å²) in [7, 11) is 0. The Labute approximate surface area is 240 Å². The number of hydrogen-bond acceptors (Lipinski definition) is 5. The summed E-state index contributed by atoms with van der Waals surface area (Å²) in [5, 5.41) is 12.9. The first kappa shape index (κ1) is 27.4. The third kappa shape index (κ3) is 7.69. The third-order valence-electron chi connectivity index (χ3n) is 5.29. The van der Waals surface area contributed by atoms with E-state index < -0.39 is 0 Å². The van der Waals surface area contributed by atoms with Crippen LogP contribution in [-0.4, -0.2) is 21.3 Å². The predicted molar refractivity (Wildman–Crippen MR) is 164 cm³/mol. The molecule has 1 unspecified atom stereocenters. The number of rotatable bonds is 8. The number of nitrogens with one attached hydrogen (secondary N) is 3. The van der Waals surface area contributed by atoms with Crippen LogP contribution in [0, 0.1) is 6.92 Å². The molecule has 3 N–H and O–H groups in total. The second-order valence-corrected chi connectivity index (χ2v) is 11.5. The van der Waals surface area contributed by atoms with E-state index >= 15 is 0 Å². The van der Waals surface area contributed by atoms with Gasteiger partial charge in [-0.1, -0.05) is 60.0 Å². The molecule has 0 aliphatic rings. The van der Waals surface area contributed by atoms with Crippen LogP contribution in [0.25, 0.3) is 11.3 Å². The molecule has 3 aromatic carbocycles. The zero-order valence-electron chi connectivity index (χ0n) is 20.0. The minimum absolute atomic E-state index is 0.0996. The molecule has 10 heteroatoms. The number of carbonyl (C=O) groups is 1. The lowest BCUT2D eigenvalue weighted by Crippen LogP contribution is -2.24. The van der Waals surface area contributed by atoms with Gasteiger partial charge in [0, 0.05) is 27.2 Å². The van der Waals surface area contributed by atoms with E-state index in [4.69, 9.17) is 35.4 Å². The average Bonchev–Trinajstić information content (AvgIpc) is 3.34. The fourth-order valence-corrected chi connectivity index (χ4v) is 5.64. The SMILES string of the molecule is CCC(Sc1cccc(NC(=S)Nc2ccc(C)cc2)c1)C(=O)Nc1nc(-c2ccc(Cl)c(Cl)c2)cs1. The van der Waals surface area contributed by atoms with Crippen molar-refractivity contribution in [2.45, 2.75) is 30.4 Å². The Morgan fingerprint density at radius 1 is 1.00 bits per heavy atom. The van der Waals surface area contributed by atoms with Gasteiger partial charge in [-0.2, -0.15) is 0 Å². The topological polar surface area (TPSA) is 66.0 Å². The van der Waals surface area contributed by atoms with Crippen molar-refractivity contribution in [3.63, 3.8) is 0 Å². The molecular weight excluding hydrogens is 563 g/mol. The van der Waals surface area contributed by atoms with Crippen LogP contribution in [0.2, 0.25) is 10.0 Å². The van der Waals surface area contributed by atoms with E-state index in [1.807, 2.05) is 73.8 Å². The first-order valence-electron chi connectivity index (χ1n) is 11.4. The second-order valence-electron chi connectivity index (χ2n) is 8.14. The van der Waals surface area contributed by atoms with Crippen molar-refractivity contribution >= 4 is 86.0 Å². The van der Waals surface area contributed by atoms with Crippen molar-refractivity contribution in [3.8, 4) is 11.3 Å². The van der Waals surface area contributed by atoms with Gasteiger partial charge in [0.1, 0.15) is 0 Å². The van der Waals surface area contributed by atoms with Gasteiger partial charge in [0.15, 0.2) is 10.2 Å². The Hall–Kier alpha value is -2.62. The molecule has 0 spiro atoms. The van der Waals surface area contributed by atoms with Crippen LogP contribution < -0.4 is 16.0 Å². The van der Waals surface area contributed by atoms with Crippen LogP contribution in [0.15, 0.2) is 77.0 Å². The quantitative estimate of drug-likeness (QED) is 0.142. The highest BCUT2D eigenvalue weighted by Crippen LogP contribution is 2.32. The first-order valence-corrected chi connectivity index (χ1v) is 14.4. The van der Waals surface area contributed by atoms with E-state index in [9.17, 15) is 4.79 Å². The number of anilines is 3. The van der Waals surface area contributed by atoms with E-state index in [-0.39, 0.29) is 11.2 Å². The molecule has 0 aliphatic heterocycles. The number of carbonyl (C=O) groups excluding carboxylic acids is 1. The molecular formula is C27H24Cl2N4OS3. The summed E-state index contributed by atoms with van der Waals surface area (Å²) >= 11 is 20.5. The minimum Gasteiger partial charge on any atom is -0.332 e. The van der Waals surface area contributed by atoms with Gasteiger partial charge in [-0.15, -0.1) is 23.1 Å². The average molecular weight is 588 g/mol. The molecule has 0 radical (unpaired) electrons. The number of thiazole rings is 1. The Morgan fingerprint density at radius 2 is 1.76 bits per heavy atom. The highest BCUT2D eigenvalue weighted by molar-refractivity contribution is 8.00. The highest BCUT2D eigenvalue weighted by Gasteiger charge is 2.20. The number of thiocarbonyl (C=S) groups is 1. The molecule has 5 nitrogen and oxygen atoms in total. The highest BCUT2D eigenvalue weighted by atomic mass is 35.5. The number of amides is 1. The molecule has 0 bridgehead atoms. The maximum Gasteiger partial charge on any atom is 0.239 e. The van der Waals surface area contributed by atoms with Crippen molar-refractivity contribution < 1.29 is 4.79 Å². The summed E-state index contributed by atoms with van der Waals surface area (Å²) in [6, 6.07) is 21.2. The summed E-state index contributed by atoms with van der Waals surface area (Å²) in [6.07, 6.45) is 0.659. The number of halogens is 2. The van der Waals surface area contributed by atoms with Gasteiger partial charge >= 0.3 is 0 Å². The van der Waals surface area contributed by atoms with E-state index in [0.29, 0.717) is 26.7 Å². The lowest BCUT2D eigenvalue weighted by Gasteiger charge is -2.15. The summed E-state index contributed by atoms with van der Waals surface area (Å²) in [5.74, 6) is -0.0996. The molecule has 0 saturated carbocycles. The number of nitrogens with zero attached hydrogens (tertiary/aromatic N) is 1. The van der Waals surface area contributed by atoms with E-state index in [1.165, 1.54) is 28.7 Å². The Balaban J connectivity index is 1.36. The molecule has 1 amide bonds. The number of aromatic nitrogens is 1. The lowest BCUT2D eigenvalue weighted by molar-refractivity contribution is -0.115. The summed E-state index contributed by atoms with van der Waals surface area (Å²) < 4.78 is 0. The molecule has 37 heavy (non-hydrogen) atoms. The maximum absolute atomic E-state index is 13.0. The van der Waals surface area contributed by atoms with Crippen molar-refractivity contribution in [2.75, 3.05) is 16.0 Å². The standard InChI is InChI=1S/C27H24Cl2N4OS3/c1-3-24(25(34)33-27-32-23(15-36-27)17-9-12-21(28)22(29)13-17)37-20-6-4-5-19(14-20)31-26(35)30-18-10-7-16(2)8-11-18/h4-15,24H,3H2,1-2H3,(H2,30,31,35)(H,32,33,34). The van der Waals surface area contributed by atoms with Crippen molar-refractivity contribution in [3.05, 3.63) is 87.7 Å². The second kappa shape index (κ2) is 12.8. The zero-order valence-corrected chi connectivity index (χ0v) is 24.0. The number of hydrogen-bond donors (Lipinski definition) is 3. The van der Waals surface area contributed by atoms with Gasteiger partial charge in [0.25, 0.3) is 0 Å². The number of thioether (sulfide) groups is 1. The molecule has 1 atom stereocenters. The van der Waals surface area contributed by atoms with Gasteiger partial charge in [0.2, 0.25) is 5.91 Å². The Morgan fingerprint density at radius 3 is 2.49 bits per heavy atom. The van der Waals surface area contributed by atoms with E-state index in [1.54, 1.807) is 12.1 Å². The summed E-state index contributed by atoms with van der Waals surface area (Å²) in [6.45, 7) is 4.03. The van der Waals surface area contributed by atoms with Crippen LogP contribution in [0.5, 0.6) is 0 Å². The molecule has 1 aromatic heterocycles. The fraction of sp³-hybridized carbons (Fsp3) is 0.148. The van der Waals surface area contributed by atoms with Gasteiger partial charge in [0.05, 0.1) is 21.0 Å². The Kier molecular flexibility index (Phi) is 9.45. The van der Waals surface area contributed by atoms with Crippen LogP contribution >= 0.6 is 58.5 Å². The van der Waals surface area contributed by atoms with Crippen LogP contribution in [0.1, 0.15) is 18.9 Å². The molecule has 0 saturated heterocycles. The number of aryl methyl sites for hydroxylation is 1. The summed E-state index contributed by atoms with van der Waals surface area (Å²) in [5.41, 5.74) is 4.52. The predicted octanol–water partition coefficient (Wildman–Crippen LogP) is 8.74. The van der Waals surface area contributed by atoms with Gasteiger partial charge in [-0.05, 0) is 68.0 Å². The van der Waals surface area contributed by atoms with E-state index in [0.717, 1.165) is 27.5 Å². The fourth-order valence-electron chi connectivity index (χ4n) is 3.37.